The lowest BCUT2D eigenvalue weighted by Gasteiger charge is -2.07. The SMILES string of the molecule is COc1cc(-n2cc(C)nn2)c(F)cc1Cl. The van der Waals surface area contributed by atoms with Gasteiger partial charge in [0.2, 0.25) is 0 Å². The molecule has 0 saturated carbocycles. The van der Waals surface area contributed by atoms with Crippen LogP contribution in [0, 0.1) is 12.7 Å². The fraction of sp³-hybridized carbons (Fsp3) is 0.200. The fourth-order valence-corrected chi connectivity index (χ4v) is 1.54. The molecule has 0 bridgehead atoms. The van der Waals surface area contributed by atoms with Crippen molar-refractivity contribution in [3.05, 3.63) is 34.9 Å². The van der Waals surface area contributed by atoms with E-state index in [1.165, 1.54) is 23.9 Å². The molecule has 6 heteroatoms. The molecule has 0 atom stereocenters. The van der Waals surface area contributed by atoms with Crippen LogP contribution in [0.3, 0.4) is 0 Å². The number of aromatic nitrogens is 3. The van der Waals surface area contributed by atoms with E-state index in [2.05, 4.69) is 10.3 Å². The zero-order chi connectivity index (χ0) is 11.7. The van der Waals surface area contributed by atoms with Crippen molar-refractivity contribution in [1.82, 2.24) is 15.0 Å². The number of hydrogen-bond donors (Lipinski definition) is 0. The molecule has 0 saturated heterocycles. The van der Waals surface area contributed by atoms with Crippen molar-refractivity contribution in [1.29, 1.82) is 0 Å². The zero-order valence-electron chi connectivity index (χ0n) is 8.74. The highest BCUT2D eigenvalue weighted by Gasteiger charge is 2.11. The topological polar surface area (TPSA) is 39.9 Å². The molecular weight excluding hydrogens is 233 g/mol. The van der Waals surface area contributed by atoms with Crippen LogP contribution in [0.5, 0.6) is 5.75 Å². The van der Waals surface area contributed by atoms with Crippen LogP contribution in [-0.2, 0) is 0 Å². The molecule has 0 radical (unpaired) electrons. The third kappa shape index (κ3) is 1.86. The Kier molecular flexibility index (Phi) is 2.78. The Bertz CT molecular complexity index is 527. The van der Waals surface area contributed by atoms with Crippen molar-refractivity contribution in [2.45, 2.75) is 6.92 Å². The van der Waals surface area contributed by atoms with Gasteiger partial charge in [-0.1, -0.05) is 16.8 Å². The Morgan fingerprint density at radius 1 is 1.44 bits per heavy atom. The van der Waals surface area contributed by atoms with Gasteiger partial charge in [-0.15, -0.1) is 5.10 Å². The molecule has 1 aromatic carbocycles. The van der Waals surface area contributed by atoms with E-state index >= 15 is 0 Å². The van der Waals surface area contributed by atoms with E-state index in [9.17, 15) is 4.39 Å². The van der Waals surface area contributed by atoms with Crippen molar-refractivity contribution >= 4 is 11.6 Å². The summed E-state index contributed by atoms with van der Waals surface area (Å²) in [4.78, 5) is 0. The Labute approximate surface area is 96.6 Å². The number of rotatable bonds is 2. The third-order valence-electron chi connectivity index (χ3n) is 2.08. The number of ether oxygens (including phenoxy) is 1. The second-order valence-corrected chi connectivity index (χ2v) is 3.65. The Hall–Kier alpha value is -1.62. The highest BCUT2D eigenvalue weighted by Crippen LogP contribution is 2.28. The van der Waals surface area contributed by atoms with Gasteiger partial charge in [-0.2, -0.15) is 0 Å². The summed E-state index contributed by atoms with van der Waals surface area (Å²) in [5.41, 5.74) is 0.954. The summed E-state index contributed by atoms with van der Waals surface area (Å²) >= 11 is 5.78. The summed E-state index contributed by atoms with van der Waals surface area (Å²) in [6.45, 7) is 1.77. The predicted molar refractivity (Wildman–Crippen MR) is 57.6 cm³/mol. The van der Waals surface area contributed by atoms with Gasteiger partial charge in [0.25, 0.3) is 0 Å². The first-order valence-electron chi connectivity index (χ1n) is 4.54. The Morgan fingerprint density at radius 3 is 2.75 bits per heavy atom. The van der Waals surface area contributed by atoms with E-state index in [4.69, 9.17) is 16.3 Å². The number of methoxy groups -OCH3 is 1. The Balaban J connectivity index is 2.56. The van der Waals surface area contributed by atoms with E-state index in [0.29, 0.717) is 11.4 Å². The van der Waals surface area contributed by atoms with Crippen molar-refractivity contribution in [3.63, 3.8) is 0 Å². The summed E-state index contributed by atoms with van der Waals surface area (Å²) in [5, 5.41) is 7.79. The fourth-order valence-electron chi connectivity index (χ4n) is 1.32. The van der Waals surface area contributed by atoms with Crippen LogP contribution in [0.15, 0.2) is 18.3 Å². The van der Waals surface area contributed by atoms with Gasteiger partial charge in [0.15, 0.2) is 5.82 Å². The van der Waals surface area contributed by atoms with Crippen molar-refractivity contribution in [2.24, 2.45) is 0 Å². The lowest BCUT2D eigenvalue weighted by Crippen LogP contribution is -2.00. The van der Waals surface area contributed by atoms with Crippen molar-refractivity contribution < 1.29 is 9.13 Å². The molecule has 0 N–H and O–H groups in total. The molecule has 0 amide bonds. The quantitative estimate of drug-likeness (QED) is 0.811. The monoisotopic (exact) mass is 241 g/mol. The van der Waals surface area contributed by atoms with Gasteiger partial charge in [0, 0.05) is 6.07 Å². The molecular formula is C10H9ClFN3O. The molecule has 0 unspecified atom stereocenters. The summed E-state index contributed by atoms with van der Waals surface area (Å²) in [6.07, 6.45) is 1.62. The van der Waals surface area contributed by atoms with E-state index in [1.54, 1.807) is 13.1 Å². The summed E-state index contributed by atoms with van der Waals surface area (Å²) in [6, 6.07) is 2.67. The van der Waals surface area contributed by atoms with Gasteiger partial charge < -0.3 is 4.74 Å². The van der Waals surface area contributed by atoms with Gasteiger partial charge in [-0.3, -0.25) is 0 Å². The van der Waals surface area contributed by atoms with Crippen LogP contribution in [0.4, 0.5) is 4.39 Å². The molecule has 0 spiro atoms. The van der Waals surface area contributed by atoms with Crippen LogP contribution in [0.25, 0.3) is 5.69 Å². The number of nitrogens with zero attached hydrogens (tertiary/aromatic N) is 3. The van der Waals surface area contributed by atoms with Gasteiger partial charge in [-0.05, 0) is 13.0 Å². The van der Waals surface area contributed by atoms with Crippen LogP contribution in [-0.4, -0.2) is 22.1 Å². The average Bonchev–Trinajstić information content (AvgIpc) is 2.65. The number of aryl methyl sites for hydroxylation is 1. The molecule has 0 aliphatic carbocycles. The van der Waals surface area contributed by atoms with Crippen LogP contribution in [0.2, 0.25) is 5.02 Å². The summed E-state index contributed by atoms with van der Waals surface area (Å²) in [7, 11) is 1.47. The number of halogens is 2. The number of benzene rings is 1. The molecule has 0 fully saturated rings. The maximum Gasteiger partial charge on any atom is 0.150 e. The van der Waals surface area contributed by atoms with Crippen LogP contribution < -0.4 is 4.74 Å². The second-order valence-electron chi connectivity index (χ2n) is 3.24. The maximum atomic E-state index is 13.6. The third-order valence-corrected chi connectivity index (χ3v) is 2.37. The van der Waals surface area contributed by atoms with Gasteiger partial charge in [-0.25, -0.2) is 9.07 Å². The molecule has 1 aromatic heterocycles. The second kappa shape index (κ2) is 4.09. The minimum atomic E-state index is -0.476. The average molecular weight is 242 g/mol. The zero-order valence-corrected chi connectivity index (χ0v) is 9.49. The van der Waals surface area contributed by atoms with E-state index in [1.807, 2.05) is 0 Å². The Morgan fingerprint density at radius 2 is 2.19 bits per heavy atom. The van der Waals surface area contributed by atoms with E-state index < -0.39 is 5.82 Å². The standard InChI is InChI=1S/C10H9ClFN3O/c1-6-5-15(14-13-6)9-4-10(16-2)7(11)3-8(9)12/h3-5H,1-2H3. The highest BCUT2D eigenvalue weighted by atomic mass is 35.5. The first kappa shape index (κ1) is 10.9. The molecule has 2 aromatic rings. The lowest BCUT2D eigenvalue weighted by atomic mass is 10.3. The van der Waals surface area contributed by atoms with Crippen molar-refractivity contribution in [3.8, 4) is 11.4 Å². The summed E-state index contributed by atoms with van der Waals surface area (Å²) < 4.78 is 20.0. The first-order chi connectivity index (χ1) is 7.61. The molecule has 0 aliphatic heterocycles. The van der Waals surface area contributed by atoms with Crippen LogP contribution in [0.1, 0.15) is 5.69 Å². The predicted octanol–water partition coefficient (Wildman–Crippen LogP) is 2.38. The minimum absolute atomic E-state index is 0.223. The molecule has 1 heterocycles. The van der Waals surface area contributed by atoms with Gasteiger partial charge >= 0.3 is 0 Å². The van der Waals surface area contributed by atoms with Gasteiger partial charge in [0.1, 0.15) is 11.4 Å². The smallest absolute Gasteiger partial charge is 0.150 e. The normalized spacial score (nSPS) is 10.5. The molecule has 0 aliphatic rings. The lowest BCUT2D eigenvalue weighted by molar-refractivity contribution is 0.413. The van der Waals surface area contributed by atoms with Gasteiger partial charge in [0.05, 0.1) is 24.0 Å². The van der Waals surface area contributed by atoms with E-state index in [0.717, 1.165) is 0 Å². The largest absolute Gasteiger partial charge is 0.495 e. The molecule has 4 nitrogen and oxygen atoms in total. The first-order valence-corrected chi connectivity index (χ1v) is 4.92. The highest BCUT2D eigenvalue weighted by molar-refractivity contribution is 6.32. The van der Waals surface area contributed by atoms with Crippen LogP contribution >= 0.6 is 11.6 Å². The van der Waals surface area contributed by atoms with Crippen molar-refractivity contribution in [2.75, 3.05) is 7.11 Å². The summed E-state index contributed by atoms with van der Waals surface area (Å²) in [5.74, 6) is -0.0816. The maximum absolute atomic E-state index is 13.6. The molecule has 84 valence electrons. The van der Waals surface area contributed by atoms with E-state index in [-0.39, 0.29) is 10.7 Å². The molecule has 2 rings (SSSR count). The number of hydrogen-bond acceptors (Lipinski definition) is 3. The minimum Gasteiger partial charge on any atom is -0.495 e. The molecule has 16 heavy (non-hydrogen) atoms.